The van der Waals surface area contributed by atoms with E-state index in [2.05, 4.69) is 24.1 Å². The van der Waals surface area contributed by atoms with Gasteiger partial charge in [0.05, 0.1) is 12.6 Å². The molecule has 37 heavy (non-hydrogen) atoms. The van der Waals surface area contributed by atoms with E-state index >= 15 is 0 Å². The highest BCUT2D eigenvalue weighted by Crippen LogP contribution is 2.21. The molecule has 0 fully saturated rings. The summed E-state index contributed by atoms with van der Waals surface area (Å²) >= 11 is 0. The van der Waals surface area contributed by atoms with Crippen LogP contribution in [0.5, 0.6) is 5.75 Å². The lowest BCUT2D eigenvalue weighted by atomic mass is 9.99. The van der Waals surface area contributed by atoms with Gasteiger partial charge in [-0.15, -0.1) is 0 Å². The number of nitrogens with one attached hydrogen (secondary N) is 1. The highest BCUT2D eigenvalue weighted by molar-refractivity contribution is 5.79. The lowest BCUT2D eigenvalue weighted by Crippen LogP contribution is -2.44. The fraction of sp³-hybridized carbons (Fsp3) is 0.387. The maximum atomic E-state index is 13.3. The van der Waals surface area contributed by atoms with Gasteiger partial charge in [0.25, 0.3) is 0 Å². The third-order valence-corrected chi connectivity index (χ3v) is 6.44. The Bertz CT molecular complexity index is 974. The Morgan fingerprint density at radius 2 is 1.32 bits per heavy atom. The van der Waals surface area contributed by atoms with E-state index < -0.39 is 6.10 Å². The Balaban J connectivity index is 1.64. The van der Waals surface area contributed by atoms with E-state index in [1.165, 1.54) is 0 Å². The minimum absolute atomic E-state index is 0.0725. The Hall–Kier alpha value is -3.19. The molecule has 0 saturated heterocycles. The number of carbonyl (C=O) groups is 1. The average Bonchev–Trinajstić information content (AvgIpc) is 2.94. The van der Waals surface area contributed by atoms with E-state index in [1.807, 2.05) is 95.9 Å². The van der Waals surface area contributed by atoms with Gasteiger partial charge >= 0.3 is 0 Å². The monoisotopic (exact) mass is 503 g/mol. The summed E-state index contributed by atoms with van der Waals surface area (Å²) in [7, 11) is 0. The number of benzene rings is 3. The summed E-state index contributed by atoms with van der Waals surface area (Å²) in [5, 5.41) is 14.0. The lowest BCUT2D eigenvalue weighted by Gasteiger charge is -2.27. The number of hydrogen-bond donors (Lipinski definition) is 2. The largest absolute Gasteiger partial charge is 0.491 e. The number of aliphatic hydroxyl groups is 1. The zero-order chi connectivity index (χ0) is 26.3. The highest BCUT2D eigenvalue weighted by Gasteiger charge is 2.20. The fourth-order valence-corrected chi connectivity index (χ4v) is 4.41. The van der Waals surface area contributed by atoms with E-state index in [0.717, 1.165) is 42.9 Å². The maximum Gasteiger partial charge on any atom is 0.234 e. The first kappa shape index (κ1) is 28.4. The van der Waals surface area contributed by atoms with Crippen LogP contribution in [0.3, 0.4) is 0 Å². The molecular weight excluding hydrogens is 462 g/mol. The molecule has 6 heteroatoms. The number of para-hydroxylation sites is 1. The second-order valence-electron chi connectivity index (χ2n) is 9.22. The van der Waals surface area contributed by atoms with E-state index in [-0.39, 0.29) is 25.1 Å². The zero-order valence-corrected chi connectivity index (χ0v) is 22.1. The molecule has 0 bridgehead atoms. The first-order valence-electron chi connectivity index (χ1n) is 13.3. The predicted octanol–water partition coefficient (Wildman–Crippen LogP) is 4.37. The lowest BCUT2D eigenvalue weighted by molar-refractivity contribution is -0.123. The molecule has 198 valence electrons. The highest BCUT2D eigenvalue weighted by atomic mass is 16.5. The Morgan fingerprint density at radius 3 is 1.86 bits per heavy atom. The first-order chi connectivity index (χ1) is 18.1. The molecule has 0 spiro atoms. The van der Waals surface area contributed by atoms with Crippen LogP contribution in [0.2, 0.25) is 0 Å². The van der Waals surface area contributed by atoms with Gasteiger partial charge in [-0.05, 0) is 49.3 Å². The molecule has 1 atom stereocenters. The van der Waals surface area contributed by atoms with Gasteiger partial charge in [0.15, 0.2) is 0 Å². The van der Waals surface area contributed by atoms with Crippen LogP contribution in [0.15, 0.2) is 91.0 Å². The Morgan fingerprint density at radius 1 is 0.811 bits per heavy atom. The van der Waals surface area contributed by atoms with Gasteiger partial charge in [-0.25, -0.2) is 0 Å². The number of nitrogens with zero attached hydrogens (tertiary/aromatic N) is 2. The molecule has 0 radical (unpaired) electrons. The molecule has 0 saturated carbocycles. The van der Waals surface area contributed by atoms with Crippen LogP contribution in [0.25, 0.3) is 0 Å². The van der Waals surface area contributed by atoms with Gasteiger partial charge in [0.1, 0.15) is 18.5 Å². The Labute approximate surface area is 221 Å². The van der Waals surface area contributed by atoms with Crippen LogP contribution >= 0.6 is 0 Å². The molecule has 3 aromatic carbocycles. The molecule has 0 aliphatic carbocycles. The van der Waals surface area contributed by atoms with Gasteiger partial charge < -0.3 is 20.1 Å². The van der Waals surface area contributed by atoms with Crippen molar-refractivity contribution in [2.45, 2.75) is 32.4 Å². The Kier molecular flexibility index (Phi) is 12.1. The van der Waals surface area contributed by atoms with Gasteiger partial charge in [0, 0.05) is 13.1 Å². The smallest absolute Gasteiger partial charge is 0.234 e. The van der Waals surface area contributed by atoms with Crippen molar-refractivity contribution in [1.82, 2.24) is 15.1 Å². The van der Waals surface area contributed by atoms with Crippen LogP contribution in [-0.4, -0.2) is 72.8 Å². The summed E-state index contributed by atoms with van der Waals surface area (Å²) in [5.74, 6) is 0.651. The van der Waals surface area contributed by atoms with E-state index in [0.29, 0.717) is 13.1 Å². The molecule has 0 heterocycles. The van der Waals surface area contributed by atoms with E-state index in [9.17, 15) is 9.90 Å². The van der Waals surface area contributed by atoms with Crippen molar-refractivity contribution in [1.29, 1.82) is 0 Å². The fourth-order valence-electron chi connectivity index (χ4n) is 4.41. The van der Waals surface area contributed by atoms with Crippen molar-refractivity contribution in [3.05, 3.63) is 102 Å². The van der Waals surface area contributed by atoms with E-state index in [1.54, 1.807) is 0 Å². The van der Waals surface area contributed by atoms with Crippen molar-refractivity contribution >= 4 is 5.91 Å². The topological polar surface area (TPSA) is 65.0 Å². The van der Waals surface area contributed by atoms with Crippen molar-refractivity contribution < 1.29 is 14.6 Å². The maximum absolute atomic E-state index is 13.3. The number of rotatable bonds is 16. The molecule has 1 amide bonds. The van der Waals surface area contributed by atoms with Gasteiger partial charge in [0.2, 0.25) is 5.91 Å². The molecular formula is C31H41N3O3. The molecule has 0 aliphatic heterocycles. The second kappa shape index (κ2) is 15.8. The third kappa shape index (κ3) is 10.00. The SMILES string of the molecule is CCN(CC)CCCN(CC(=O)NC(c1ccccc1)c1ccccc1)CC(O)COc1ccccc1. The first-order valence-corrected chi connectivity index (χ1v) is 13.3. The summed E-state index contributed by atoms with van der Waals surface area (Å²) in [5.41, 5.74) is 2.07. The molecule has 3 aromatic rings. The predicted molar refractivity (Wildman–Crippen MR) is 150 cm³/mol. The number of carbonyl (C=O) groups excluding carboxylic acids is 1. The number of aliphatic hydroxyl groups excluding tert-OH is 1. The van der Waals surface area contributed by atoms with Gasteiger partial charge in [-0.2, -0.15) is 0 Å². The average molecular weight is 504 g/mol. The molecule has 6 nitrogen and oxygen atoms in total. The van der Waals surface area contributed by atoms with Crippen LogP contribution in [0.4, 0.5) is 0 Å². The van der Waals surface area contributed by atoms with Crippen molar-refractivity contribution in [3.63, 3.8) is 0 Å². The normalized spacial score (nSPS) is 12.2. The summed E-state index contributed by atoms with van der Waals surface area (Å²) in [6, 6.07) is 29.3. The summed E-state index contributed by atoms with van der Waals surface area (Å²) < 4.78 is 5.75. The van der Waals surface area contributed by atoms with Crippen LogP contribution in [0.1, 0.15) is 37.4 Å². The van der Waals surface area contributed by atoms with Crippen LogP contribution in [0, 0.1) is 0 Å². The van der Waals surface area contributed by atoms with Crippen LogP contribution < -0.4 is 10.1 Å². The minimum atomic E-state index is -0.708. The van der Waals surface area contributed by atoms with Gasteiger partial charge in [-0.3, -0.25) is 9.69 Å². The summed E-state index contributed by atoms with van der Waals surface area (Å²) in [4.78, 5) is 17.7. The molecule has 0 aromatic heterocycles. The van der Waals surface area contributed by atoms with Crippen molar-refractivity contribution in [2.75, 3.05) is 45.9 Å². The van der Waals surface area contributed by atoms with E-state index in [4.69, 9.17) is 4.74 Å². The zero-order valence-electron chi connectivity index (χ0n) is 22.1. The molecule has 2 N–H and O–H groups in total. The standard InChI is InChI=1S/C31H41N3O3/c1-3-33(4-2)21-14-22-34(23-28(35)25-37-29-19-12-7-13-20-29)24-30(36)32-31(26-15-8-5-9-16-26)27-17-10-6-11-18-27/h5-13,15-20,28,31,35H,3-4,14,21-25H2,1-2H3,(H,32,36). The number of ether oxygens (including phenoxy) is 1. The minimum Gasteiger partial charge on any atom is -0.491 e. The summed E-state index contributed by atoms with van der Waals surface area (Å²) in [6.07, 6.45) is 0.211. The van der Waals surface area contributed by atoms with Gasteiger partial charge in [-0.1, -0.05) is 92.7 Å². The molecule has 0 aliphatic rings. The van der Waals surface area contributed by atoms with Crippen molar-refractivity contribution in [3.8, 4) is 5.75 Å². The quantitative estimate of drug-likeness (QED) is 0.304. The summed E-state index contributed by atoms with van der Waals surface area (Å²) in [6.45, 7) is 8.73. The second-order valence-corrected chi connectivity index (χ2v) is 9.22. The number of amides is 1. The van der Waals surface area contributed by atoms with Crippen molar-refractivity contribution in [2.24, 2.45) is 0 Å². The van der Waals surface area contributed by atoms with Crippen LogP contribution in [-0.2, 0) is 4.79 Å². The third-order valence-electron chi connectivity index (χ3n) is 6.44. The molecule has 3 rings (SSSR count). The number of hydrogen-bond acceptors (Lipinski definition) is 5. The molecule has 1 unspecified atom stereocenters.